The average Bonchev–Trinajstić information content (AvgIpc) is 2.73. The van der Waals surface area contributed by atoms with Gasteiger partial charge in [-0.05, 0) is 86.0 Å². The Balaban J connectivity index is 1.25. The van der Waals surface area contributed by atoms with Gasteiger partial charge in [0.15, 0.2) is 11.5 Å². The maximum absolute atomic E-state index is 6.09. The molecule has 0 spiro atoms. The third kappa shape index (κ3) is 4.13. The number of hydrogen-bond donors (Lipinski definition) is 1. The number of aryl methyl sites for hydroxylation is 1. The van der Waals surface area contributed by atoms with Crippen molar-refractivity contribution in [2.24, 2.45) is 23.7 Å². The molecule has 0 atom stereocenters. The van der Waals surface area contributed by atoms with Gasteiger partial charge in [0.05, 0.1) is 7.11 Å². The third-order valence-electron chi connectivity index (χ3n) is 7.60. The van der Waals surface area contributed by atoms with Crippen LogP contribution >= 0.6 is 15.9 Å². The molecular weight excluding hydrogens is 438 g/mol. The minimum atomic E-state index is 0.536. The second kappa shape index (κ2) is 8.55. The molecule has 2 aromatic carbocycles. The third-order valence-corrected chi connectivity index (χ3v) is 8.34. The molecule has 30 heavy (non-hydrogen) atoms. The van der Waals surface area contributed by atoms with Crippen LogP contribution in [0.1, 0.15) is 48.8 Å². The summed E-state index contributed by atoms with van der Waals surface area (Å²) in [5.74, 6) is 5.39. The van der Waals surface area contributed by atoms with E-state index in [-0.39, 0.29) is 0 Å². The summed E-state index contributed by atoms with van der Waals surface area (Å²) in [6.45, 7) is 3.51. The van der Waals surface area contributed by atoms with E-state index in [0.717, 1.165) is 51.8 Å². The van der Waals surface area contributed by atoms with Crippen molar-refractivity contribution in [3.05, 3.63) is 57.6 Å². The van der Waals surface area contributed by atoms with Crippen LogP contribution in [-0.4, -0.2) is 13.2 Å². The molecule has 0 aliphatic heterocycles. The van der Waals surface area contributed by atoms with Crippen molar-refractivity contribution in [2.75, 3.05) is 7.11 Å². The number of nitrogens with one attached hydrogen (secondary N) is 1. The Morgan fingerprint density at radius 1 is 0.933 bits per heavy atom. The highest BCUT2D eigenvalue weighted by Gasteiger charge is 2.47. The zero-order chi connectivity index (χ0) is 20.7. The van der Waals surface area contributed by atoms with E-state index in [4.69, 9.17) is 9.47 Å². The molecule has 1 N–H and O–H groups in total. The van der Waals surface area contributed by atoms with Crippen LogP contribution in [0.25, 0.3) is 0 Å². The summed E-state index contributed by atoms with van der Waals surface area (Å²) in [6, 6.07) is 13.3. The van der Waals surface area contributed by atoms with Crippen molar-refractivity contribution in [3.63, 3.8) is 0 Å². The molecule has 0 saturated heterocycles. The van der Waals surface area contributed by atoms with Gasteiger partial charge in [0.2, 0.25) is 0 Å². The molecule has 4 aliphatic rings. The number of halogens is 1. The van der Waals surface area contributed by atoms with E-state index in [1.807, 2.05) is 0 Å². The lowest BCUT2D eigenvalue weighted by Gasteiger charge is -2.54. The Morgan fingerprint density at radius 3 is 2.23 bits per heavy atom. The maximum Gasteiger partial charge on any atom is 0.162 e. The van der Waals surface area contributed by atoms with Crippen LogP contribution in [0.3, 0.4) is 0 Å². The SMILES string of the molecule is COc1cc(CNC2C3CC4CC(C3)CC2C4)c(Br)cc1OCc1ccc(C)cc1. The number of ether oxygens (including phenoxy) is 2. The van der Waals surface area contributed by atoms with Crippen molar-refractivity contribution in [2.45, 2.75) is 58.2 Å². The molecule has 0 unspecified atom stereocenters. The molecule has 0 aromatic heterocycles. The first-order valence-electron chi connectivity index (χ1n) is 11.4. The van der Waals surface area contributed by atoms with Crippen LogP contribution < -0.4 is 14.8 Å². The van der Waals surface area contributed by atoms with Crippen LogP contribution in [0.15, 0.2) is 40.9 Å². The van der Waals surface area contributed by atoms with Gasteiger partial charge < -0.3 is 14.8 Å². The summed E-state index contributed by atoms with van der Waals surface area (Å²) >= 11 is 3.77. The van der Waals surface area contributed by atoms with Crippen molar-refractivity contribution in [1.29, 1.82) is 0 Å². The van der Waals surface area contributed by atoms with Gasteiger partial charge in [0.25, 0.3) is 0 Å². The first-order valence-corrected chi connectivity index (χ1v) is 12.2. The minimum Gasteiger partial charge on any atom is -0.493 e. The van der Waals surface area contributed by atoms with Gasteiger partial charge in [-0.15, -0.1) is 0 Å². The zero-order valence-corrected chi connectivity index (χ0v) is 19.6. The topological polar surface area (TPSA) is 30.5 Å². The summed E-state index contributed by atoms with van der Waals surface area (Å²) in [5, 5.41) is 3.93. The predicted octanol–water partition coefficient (Wildman–Crippen LogP) is 6.26. The maximum atomic E-state index is 6.09. The molecule has 160 valence electrons. The predicted molar refractivity (Wildman–Crippen MR) is 124 cm³/mol. The Hall–Kier alpha value is -1.52. The van der Waals surface area contributed by atoms with E-state index >= 15 is 0 Å². The monoisotopic (exact) mass is 469 g/mol. The van der Waals surface area contributed by atoms with Crippen molar-refractivity contribution < 1.29 is 9.47 Å². The molecule has 0 radical (unpaired) electrons. The molecule has 0 amide bonds. The van der Waals surface area contributed by atoms with E-state index in [1.165, 1.54) is 43.2 Å². The Bertz CT molecular complexity index is 867. The molecule has 6 rings (SSSR count). The molecule has 4 bridgehead atoms. The van der Waals surface area contributed by atoms with Crippen LogP contribution in [0.2, 0.25) is 0 Å². The molecule has 4 fully saturated rings. The molecule has 0 heterocycles. The molecule has 2 aromatic rings. The van der Waals surface area contributed by atoms with Crippen molar-refractivity contribution in [1.82, 2.24) is 5.32 Å². The van der Waals surface area contributed by atoms with Gasteiger partial charge in [0.1, 0.15) is 6.61 Å². The van der Waals surface area contributed by atoms with Crippen LogP contribution in [0.5, 0.6) is 11.5 Å². The van der Waals surface area contributed by atoms with E-state index in [0.29, 0.717) is 12.6 Å². The fraction of sp³-hybridized carbons (Fsp3) is 0.538. The van der Waals surface area contributed by atoms with Gasteiger partial charge in [-0.1, -0.05) is 45.8 Å². The minimum absolute atomic E-state index is 0.536. The fourth-order valence-electron chi connectivity index (χ4n) is 6.32. The average molecular weight is 470 g/mol. The summed E-state index contributed by atoms with van der Waals surface area (Å²) in [7, 11) is 1.72. The quantitative estimate of drug-likeness (QED) is 0.518. The highest BCUT2D eigenvalue weighted by Crippen LogP contribution is 2.53. The molecule has 4 aliphatic carbocycles. The molecule has 4 saturated carbocycles. The van der Waals surface area contributed by atoms with Crippen LogP contribution in [0.4, 0.5) is 0 Å². The Morgan fingerprint density at radius 2 is 1.60 bits per heavy atom. The number of benzene rings is 2. The highest BCUT2D eigenvalue weighted by molar-refractivity contribution is 9.10. The van der Waals surface area contributed by atoms with Crippen LogP contribution in [-0.2, 0) is 13.2 Å². The second-order valence-corrected chi connectivity index (χ2v) is 10.6. The smallest absolute Gasteiger partial charge is 0.162 e. The normalized spacial score (nSPS) is 29.2. The van der Waals surface area contributed by atoms with Gasteiger partial charge in [-0.25, -0.2) is 0 Å². The lowest BCUT2D eigenvalue weighted by Crippen LogP contribution is -2.54. The lowest BCUT2D eigenvalue weighted by molar-refractivity contribution is -0.0142. The van der Waals surface area contributed by atoms with Crippen LogP contribution in [0, 0.1) is 30.6 Å². The Labute approximate surface area is 188 Å². The van der Waals surface area contributed by atoms with Gasteiger partial charge in [-0.2, -0.15) is 0 Å². The standard InChI is InChI=1S/C26H32BrNO2/c1-16-3-5-17(6-4-16)15-30-25-13-23(27)22(12-24(25)29-2)14-28-26-20-8-18-7-19(10-20)11-21(26)9-18/h3-6,12-13,18-21,26,28H,7-11,14-15H2,1-2H3. The summed E-state index contributed by atoms with van der Waals surface area (Å²) in [4.78, 5) is 0. The lowest BCUT2D eigenvalue weighted by atomic mass is 9.54. The van der Waals surface area contributed by atoms with Crippen molar-refractivity contribution >= 4 is 15.9 Å². The van der Waals surface area contributed by atoms with Gasteiger partial charge in [-0.3, -0.25) is 0 Å². The van der Waals surface area contributed by atoms with Crippen molar-refractivity contribution in [3.8, 4) is 11.5 Å². The highest BCUT2D eigenvalue weighted by atomic mass is 79.9. The largest absolute Gasteiger partial charge is 0.493 e. The number of hydrogen-bond acceptors (Lipinski definition) is 3. The fourth-order valence-corrected chi connectivity index (χ4v) is 6.78. The zero-order valence-electron chi connectivity index (χ0n) is 18.0. The summed E-state index contributed by atoms with van der Waals surface area (Å²) in [6.07, 6.45) is 7.29. The number of methoxy groups -OCH3 is 1. The van der Waals surface area contributed by atoms with E-state index < -0.39 is 0 Å². The molecule has 3 nitrogen and oxygen atoms in total. The van der Waals surface area contributed by atoms with E-state index in [2.05, 4.69) is 64.6 Å². The van der Waals surface area contributed by atoms with Gasteiger partial charge >= 0.3 is 0 Å². The summed E-state index contributed by atoms with van der Waals surface area (Å²) < 4.78 is 12.8. The molecule has 4 heteroatoms. The molecular formula is C26H32BrNO2. The first kappa shape index (κ1) is 20.4. The van der Waals surface area contributed by atoms with E-state index in [9.17, 15) is 0 Å². The van der Waals surface area contributed by atoms with E-state index in [1.54, 1.807) is 7.11 Å². The summed E-state index contributed by atoms with van der Waals surface area (Å²) in [5.41, 5.74) is 3.66. The second-order valence-electron chi connectivity index (χ2n) is 9.71. The Kier molecular flexibility index (Phi) is 5.81. The van der Waals surface area contributed by atoms with Gasteiger partial charge in [0, 0.05) is 17.1 Å². The first-order chi connectivity index (χ1) is 14.6. The number of rotatable bonds is 7.